The molecule has 1 aliphatic rings. The maximum Gasteiger partial charge on any atom is 0.269 e. The molecular formula is C31H34ClN3O4S. The van der Waals surface area contributed by atoms with Crippen LogP contribution in [-0.4, -0.2) is 39.5 Å². The summed E-state index contributed by atoms with van der Waals surface area (Å²) in [5, 5.41) is 14.8. The highest BCUT2D eigenvalue weighted by Gasteiger charge is 2.31. The van der Waals surface area contributed by atoms with E-state index in [9.17, 15) is 19.7 Å². The van der Waals surface area contributed by atoms with Crippen molar-refractivity contribution in [2.45, 2.75) is 62.9 Å². The van der Waals surface area contributed by atoms with E-state index in [1.165, 1.54) is 30.3 Å². The Kier molecular flexibility index (Phi) is 11.0. The number of hydrogen-bond donors (Lipinski definition) is 1. The van der Waals surface area contributed by atoms with E-state index in [0.29, 0.717) is 17.2 Å². The molecule has 1 saturated carbocycles. The first-order valence-corrected chi connectivity index (χ1v) is 15.1. The van der Waals surface area contributed by atoms with E-state index in [2.05, 4.69) is 5.32 Å². The van der Waals surface area contributed by atoms with Crippen LogP contribution in [0.3, 0.4) is 0 Å². The topological polar surface area (TPSA) is 92.6 Å². The average Bonchev–Trinajstić information content (AvgIpc) is 2.96. The number of nitro groups is 1. The van der Waals surface area contributed by atoms with Gasteiger partial charge >= 0.3 is 0 Å². The van der Waals surface area contributed by atoms with Gasteiger partial charge in [0.1, 0.15) is 6.04 Å². The van der Waals surface area contributed by atoms with Crippen molar-refractivity contribution in [2.75, 3.05) is 5.75 Å². The van der Waals surface area contributed by atoms with Crippen molar-refractivity contribution in [3.8, 4) is 0 Å². The van der Waals surface area contributed by atoms with Gasteiger partial charge in [0, 0.05) is 41.9 Å². The predicted molar refractivity (Wildman–Crippen MR) is 160 cm³/mol. The van der Waals surface area contributed by atoms with Gasteiger partial charge in [-0.1, -0.05) is 85.5 Å². The van der Waals surface area contributed by atoms with Crippen molar-refractivity contribution >= 4 is 40.9 Å². The van der Waals surface area contributed by atoms with E-state index < -0.39 is 11.0 Å². The molecule has 210 valence electrons. The SMILES string of the molecule is O=C(NC1CCCCC1)[C@H](Cc1ccccc1)N(Cc1cccc(Cl)c1)C(=O)CSCc1ccc([N+](=O)[O-])cc1. The minimum absolute atomic E-state index is 0.0326. The number of thioether (sulfide) groups is 1. The number of amides is 2. The molecular weight excluding hydrogens is 546 g/mol. The fourth-order valence-corrected chi connectivity index (χ4v) is 6.07. The number of nitro benzene ring substituents is 1. The normalized spacial score (nSPS) is 14.3. The number of non-ortho nitro benzene ring substituents is 1. The smallest absolute Gasteiger partial charge is 0.269 e. The zero-order chi connectivity index (χ0) is 28.3. The first kappa shape index (κ1) is 29.6. The molecule has 4 rings (SSSR count). The molecule has 1 N–H and O–H groups in total. The van der Waals surface area contributed by atoms with Crippen LogP contribution in [0.2, 0.25) is 5.02 Å². The average molecular weight is 580 g/mol. The zero-order valence-electron chi connectivity index (χ0n) is 22.3. The van der Waals surface area contributed by atoms with Gasteiger partial charge in [0.05, 0.1) is 10.7 Å². The highest BCUT2D eigenvalue weighted by atomic mass is 35.5. The molecule has 0 aromatic heterocycles. The third-order valence-electron chi connectivity index (χ3n) is 7.11. The molecule has 0 spiro atoms. The summed E-state index contributed by atoms with van der Waals surface area (Å²) >= 11 is 7.68. The molecule has 3 aromatic rings. The molecule has 0 bridgehead atoms. The minimum atomic E-state index is -0.684. The largest absolute Gasteiger partial charge is 0.352 e. The van der Waals surface area contributed by atoms with Crippen LogP contribution >= 0.6 is 23.4 Å². The Morgan fingerprint density at radius 2 is 1.65 bits per heavy atom. The summed E-state index contributed by atoms with van der Waals surface area (Å²) in [6, 6.07) is 22.9. The number of hydrogen-bond acceptors (Lipinski definition) is 5. The molecule has 1 atom stereocenters. The van der Waals surface area contributed by atoms with Gasteiger partial charge in [-0.3, -0.25) is 19.7 Å². The maximum atomic E-state index is 13.8. The van der Waals surface area contributed by atoms with Gasteiger partial charge in [0.2, 0.25) is 11.8 Å². The Morgan fingerprint density at radius 1 is 0.950 bits per heavy atom. The lowest BCUT2D eigenvalue weighted by Gasteiger charge is -2.33. The second kappa shape index (κ2) is 14.9. The molecule has 0 aliphatic heterocycles. The zero-order valence-corrected chi connectivity index (χ0v) is 23.9. The van der Waals surface area contributed by atoms with E-state index in [1.807, 2.05) is 48.5 Å². The van der Waals surface area contributed by atoms with Gasteiger partial charge in [0.25, 0.3) is 5.69 Å². The van der Waals surface area contributed by atoms with Crippen molar-refractivity contribution in [2.24, 2.45) is 0 Å². The van der Waals surface area contributed by atoms with Crippen LogP contribution in [0.5, 0.6) is 0 Å². The summed E-state index contributed by atoms with van der Waals surface area (Å²) in [4.78, 5) is 39.8. The van der Waals surface area contributed by atoms with Gasteiger partial charge in [-0.2, -0.15) is 0 Å². The number of carbonyl (C=O) groups excluding carboxylic acids is 2. The Labute approximate surface area is 244 Å². The molecule has 9 heteroatoms. The van der Waals surface area contributed by atoms with Gasteiger partial charge in [0.15, 0.2) is 0 Å². The van der Waals surface area contributed by atoms with Crippen LogP contribution < -0.4 is 5.32 Å². The standard InChI is InChI=1S/C31H34ClN3O4S/c32-26-11-7-10-25(18-26)20-34(30(36)22-40-21-24-14-16-28(17-15-24)35(38)39)29(19-23-8-3-1-4-9-23)31(37)33-27-12-5-2-6-13-27/h1,3-4,7-11,14-18,27,29H,2,5-6,12-13,19-22H2,(H,33,37)/t29-/m0/s1. The van der Waals surface area contributed by atoms with Crippen LogP contribution in [0.25, 0.3) is 0 Å². The van der Waals surface area contributed by atoms with E-state index in [0.717, 1.165) is 42.4 Å². The first-order chi connectivity index (χ1) is 19.4. The number of nitrogens with one attached hydrogen (secondary N) is 1. The Hall–Kier alpha value is -3.36. The third kappa shape index (κ3) is 8.83. The number of halogens is 1. The summed E-state index contributed by atoms with van der Waals surface area (Å²) in [5.41, 5.74) is 2.75. The van der Waals surface area contributed by atoms with Crippen LogP contribution in [0, 0.1) is 10.1 Å². The van der Waals surface area contributed by atoms with Crippen molar-refractivity contribution in [3.63, 3.8) is 0 Å². The van der Waals surface area contributed by atoms with Crippen molar-refractivity contribution < 1.29 is 14.5 Å². The summed E-state index contributed by atoms with van der Waals surface area (Å²) in [7, 11) is 0. The number of rotatable bonds is 12. The molecule has 1 fully saturated rings. The quantitative estimate of drug-likeness (QED) is 0.193. The van der Waals surface area contributed by atoms with Crippen molar-refractivity contribution in [1.29, 1.82) is 0 Å². The molecule has 3 aromatic carbocycles. The number of nitrogens with zero attached hydrogens (tertiary/aromatic N) is 2. The summed E-state index contributed by atoms with van der Waals surface area (Å²) in [6.07, 6.45) is 5.69. The van der Waals surface area contributed by atoms with E-state index in [1.54, 1.807) is 23.1 Å². The van der Waals surface area contributed by atoms with Crippen LogP contribution in [0.4, 0.5) is 5.69 Å². The molecule has 0 radical (unpaired) electrons. The summed E-state index contributed by atoms with van der Waals surface area (Å²) < 4.78 is 0. The molecule has 0 saturated heterocycles. The number of benzene rings is 3. The highest BCUT2D eigenvalue weighted by Crippen LogP contribution is 2.22. The van der Waals surface area contributed by atoms with Gasteiger partial charge in [-0.05, 0) is 41.7 Å². The van der Waals surface area contributed by atoms with E-state index >= 15 is 0 Å². The Morgan fingerprint density at radius 3 is 2.33 bits per heavy atom. The summed E-state index contributed by atoms with van der Waals surface area (Å²) in [6.45, 7) is 0.257. The molecule has 2 amide bonds. The first-order valence-electron chi connectivity index (χ1n) is 13.6. The second-order valence-electron chi connectivity index (χ2n) is 10.1. The monoisotopic (exact) mass is 579 g/mol. The second-order valence-corrected chi connectivity index (χ2v) is 11.5. The lowest BCUT2D eigenvalue weighted by Crippen LogP contribution is -2.53. The Bertz CT molecular complexity index is 1280. The van der Waals surface area contributed by atoms with Gasteiger partial charge in [-0.15, -0.1) is 11.8 Å². The van der Waals surface area contributed by atoms with E-state index in [-0.39, 0.29) is 35.8 Å². The molecule has 1 aliphatic carbocycles. The molecule has 0 unspecified atom stereocenters. The fraction of sp³-hybridized carbons (Fsp3) is 0.355. The van der Waals surface area contributed by atoms with E-state index in [4.69, 9.17) is 11.6 Å². The number of carbonyl (C=O) groups is 2. The van der Waals surface area contributed by atoms with Crippen LogP contribution in [0.15, 0.2) is 78.9 Å². The maximum absolute atomic E-state index is 13.8. The van der Waals surface area contributed by atoms with Crippen LogP contribution in [0.1, 0.15) is 48.8 Å². The molecule has 7 nitrogen and oxygen atoms in total. The highest BCUT2D eigenvalue weighted by molar-refractivity contribution is 7.99. The predicted octanol–water partition coefficient (Wildman–Crippen LogP) is 6.57. The van der Waals surface area contributed by atoms with Crippen molar-refractivity contribution in [1.82, 2.24) is 10.2 Å². The lowest BCUT2D eigenvalue weighted by atomic mass is 9.94. The molecule has 40 heavy (non-hydrogen) atoms. The minimum Gasteiger partial charge on any atom is -0.352 e. The lowest BCUT2D eigenvalue weighted by molar-refractivity contribution is -0.384. The third-order valence-corrected chi connectivity index (χ3v) is 8.33. The van der Waals surface area contributed by atoms with Crippen molar-refractivity contribution in [3.05, 3.63) is 111 Å². The molecule has 0 heterocycles. The van der Waals surface area contributed by atoms with Gasteiger partial charge in [-0.25, -0.2) is 0 Å². The Balaban J connectivity index is 1.54. The summed E-state index contributed by atoms with van der Waals surface area (Å²) in [5.74, 6) is 0.407. The van der Waals surface area contributed by atoms with Crippen LogP contribution in [-0.2, 0) is 28.3 Å². The fourth-order valence-electron chi connectivity index (χ4n) is 4.98. The van der Waals surface area contributed by atoms with Gasteiger partial charge < -0.3 is 10.2 Å².